The van der Waals surface area contributed by atoms with Crippen molar-refractivity contribution in [2.45, 2.75) is 65.3 Å². The van der Waals surface area contributed by atoms with E-state index >= 15 is 0 Å². The van der Waals surface area contributed by atoms with Crippen LogP contribution in [-0.2, 0) is 17.6 Å². The summed E-state index contributed by atoms with van der Waals surface area (Å²) in [5.74, 6) is -0.0450. The number of carbonyl (C=O) groups is 1. The van der Waals surface area contributed by atoms with Gasteiger partial charge in [0.1, 0.15) is 5.54 Å². The Balaban J connectivity index is 1.96. The minimum Gasteiger partial charge on any atom is -0.372 e. The number of nitrogens with one attached hydrogen (secondary N) is 2. The topological polar surface area (TPSA) is 41.1 Å². The maximum absolute atomic E-state index is 12.7. The first-order chi connectivity index (χ1) is 12.4. The third-order valence-corrected chi connectivity index (χ3v) is 4.55. The molecule has 3 nitrogen and oxygen atoms in total. The molecule has 1 amide bonds. The molecule has 0 unspecified atom stereocenters. The van der Waals surface area contributed by atoms with Crippen molar-refractivity contribution in [1.82, 2.24) is 0 Å². The summed E-state index contributed by atoms with van der Waals surface area (Å²) in [6.07, 6.45) is 5.69. The maximum atomic E-state index is 12.7. The lowest BCUT2D eigenvalue weighted by atomic mass is 10.0. The second-order valence-electron chi connectivity index (χ2n) is 7.45. The summed E-state index contributed by atoms with van der Waals surface area (Å²) < 4.78 is 0. The number of benzene rings is 2. The van der Waals surface area contributed by atoms with E-state index in [2.05, 4.69) is 48.7 Å². The quantitative estimate of drug-likeness (QED) is 0.598. The highest BCUT2D eigenvalue weighted by Gasteiger charge is 2.27. The van der Waals surface area contributed by atoms with Crippen molar-refractivity contribution in [3.63, 3.8) is 0 Å². The Kier molecular flexibility index (Phi) is 7.26. The Labute approximate surface area is 158 Å². The van der Waals surface area contributed by atoms with E-state index in [9.17, 15) is 4.79 Å². The molecule has 0 heterocycles. The van der Waals surface area contributed by atoms with Gasteiger partial charge in [-0.05, 0) is 68.5 Å². The van der Waals surface area contributed by atoms with Crippen LogP contribution >= 0.6 is 0 Å². The summed E-state index contributed by atoms with van der Waals surface area (Å²) in [7, 11) is 0. The van der Waals surface area contributed by atoms with Gasteiger partial charge in [0.2, 0.25) is 5.91 Å². The second-order valence-corrected chi connectivity index (χ2v) is 7.45. The molecule has 2 N–H and O–H groups in total. The van der Waals surface area contributed by atoms with Gasteiger partial charge in [-0.3, -0.25) is 4.79 Å². The lowest BCUT2D eigenvalue weighted by molar-refractivity contribution is -0.119. The molecule has 0 atom stereocenters. The first kappa shape index (κ1) is 20.0. The van der Waals surface area contributed by atoms with Crippen LogP contribution in [0, 0.1) is 0 Å². The molecular formula is C23H32N2O. The van der Waals surface area contributed by atoms with Crippen molar-refractivity contribution in [3.8, 4) is 0 Å². The van der Waals surface area contributed by atoms with Crippen LogP contribution < -0.4 is 10.6 Å². The molecule has 2 aromatic rings. The summed E-state index contributed by atoms with van der Waals surface area (Å²) in [6.45, 7) is 8.17. The van der Waals surface area contributed by atoms with E-state index < -0.39 is 5.54 Å². The lowest BCUT2D eigenvalue weighted by Crippen LogP contribution is -2.44. The Morgan fingerprint density at radius 3 is 1.88 bits per heavy atom. The number of rotatable bonds is 9. The molecule has 3 heteroatoms. The van der Waals surface area contributed by atoms with Crippen LogP contribution in [0.1, 0.15) is 58.1 Å². The molecule has 140 valence electrons. The van der Waals surface area contributed by atoms with Crippen LogP contribution in [0.5, 0.6) is 0 Å². The van der Waals surface area contributed by atoms with Crippen LogP contribution in [-0.4, -0.2) is 11.4 Å². The minimum absolute atomic E-state index is 0.0450. The van der Waals surface area contributed by atoms with Crippen molar-refractivity contribution in [2.24, 2.45) is 0 Å². The number of aryl methyl sites for hydroxylation is 2. The summed E-state index contributed by atoms with van der Waals surface area (Å²) in [5.41, 5.74) is 3.73. The molecule has 2 aromatic carbocycles. The van der Waals surface area contributed by atoms with Crippen LogP contribution in [0.15, 0.2) is 48.5 Å². The number of carbonyl (C=O) groups excluding carboxylic acids is 1. The smallest absolute Gasteiger partial charge is 0.249 e. The summed E-state index contributed by atoms with van der Waals surface area (Å²) in [6, 6.07) is 16.5. The molecule has 0 aromatic heterocycles. The van der Waals surface area contributed by atoms with Crippen molar-refractivity contribution in [3.05, 3.63) is 59.7 Å². The fraction of sp³-hybridized carbons (Fsp3) is 0.435. The SMILES string of the molecule is CCCCc1ccc(NC(=O)C(C)(C)Nc2ccc(CCC)cc2)cc1. The van der Waals surface area contributed by atoms with Gasteiger partial charge in [0.05, 0.1) is 0 Å². The zero-order valence-electron chi connectivity index (χ0n) is 16.6. The predicted molar refractivity (Wildman–Crippen MR) is 112 cm³/mol. The maximum Gasteiger partial charge on any atom is 0.249 e. The van der Waals surface area contributed by atoms with E-state index in [0.717, 1.165) is 30.6 Å². The molecule has 0 saturated carbocycles. The Hall–Kier alpha value is -2.29. The van der Waals surface area contributed by atoms with Crippen LogP contribution in [0.3, 0.4) is 0 Å². The molecular weight excluding hydrogens is 320 g/mol. The van der Waals surface area contributed by atoms with Gasteiger partial charge in [0, 0.05) is 11.4 Å². The highest BCUT2D eigenvalue weighted by molar-refractivity contribution is 5.99. The van der Waals surface area contributed by atoms with Crippen molar-refractivity contribution >= 4 is 17.3 Å². The van der Waals surface area contributed by atoms with Gasteiger partial charge in [-0.25, -0.2) is 0 Å². The molecule has 0 saturated heterocycles. The van der Waals surface area contributed by atoms with E-state index in [1.807, 2.05) is 38.1 Å². The van der Waals surface area contributed by atoms with Crippen molar-refractivity contribution in [2.75, 3.05) is 10.6 Å². The molecule has 0 fully saturated rings. The normalized spacial score (nSPS) is 11.2. The van der Waals surface area contributed by atoms with Gasteiger partial charge in [-0.2, -0.15) is 0 Å². The van der Waals surface area contributed by atoms with Gasteiger partial charge in [-0.15, -0.1) is 0 Å². The number of hydrogen-bond acceptors (Lipinski definition) is 2. The Morgan fingerprint density at radius 2 is 1.35 bits per heavy atom. The first-order valence-electron chi connectivity index (χ1n) is 9.72. The fourth-order valence-electron chi connectivity index (χ4n) is 2.88. The highest BCUT2D eigenvalue weighted by atomic mass is 16.2. The molecule has 0 aliphatic rings. The molecule has 0 spiro atoms. The minimum atomic E-state index is -0.701. The number of amides is 1. The Bertz CT molecular complexity index is 687. The van der Waals surface area contributed by atoms with E-state index in [0.29, 0.717) is 0 Å². The van der Waals surface area contributed by atoms with Crippen LogP contribution in [0.25, 0.3) is 0 Å². The van der Waals surface area contributed by atoms with E-state index in [1.54, 1.807) is 0 Å². The van der Waals surface area contributed by atoms with Gasteiger partial charge in [0.25, 0.3) is 0 Å². The van der Waals surface area contributed by atoms with Gasteiger partial charge >= 0.3 is 0 Å². The summed E-state index contributed by atoms with van der Waals surface area (Å²) in [5, 5.41) is 6.35. The monoisotopic (exact) mass is 352 g/mol. The zero-order valence-corrected chi connectivity index (χ0v) is 16.6. The van der Waals surface area contributed by atoms with Crippen LogP contribution in [0.4, 0.5) is 11.4 Å². The van der Waals surface area contributed by atoms with E-state index in [-0.39, 0.29) is 5.91 Å². The summed E-state index contributed by atoms with van der Waals surface area (Å²) >= 11 is 0. The average Bonchev–Trinajstić information content (AvgIpc) is 2.63. The third kappa shape index (κ3) is 5.91. The number of anilines is 2. The average molecular weight is 353 g/mol. The highest BCUT2D eigenvalue weighted by Crippen LogP contribution is 2.19. The Morgan fingerprint density at radius 1 is 0.808 bits per heavy atom. The van der Waals surface area contributed by atoms with E-state index in [1.165, 1.54) is 24.0 Å². The largest absolute Gasteiger partial charge is 0.372 e. The fourth-order valence-corrected chi connectivity index (χ4v) is 2.88. The van der Waals surface area contributed by atoms with E-state index in [4.69, 9.17) is 0 Å². The predicted octanol–water partition coefficient (Wildman–Crippen LogP) is 5.81. The van der Waals surface area contributed by atoms with Crippen molar-refractivity contribution in [1.29, 1.82) is 0 Å². The second kappa shape index (κ2) is 9.42. The molecule has 26 heavy (non-hydrogen) atoms. The standard InChI is InChI=1S/C23H32N2O/c1-5-7-9-19-10-14-20(15-11-19)24-22(26)23(3,4)25-21-16-12-18(8-6-2)13-17-21/h10-17,25H,5-9H2,1-4H3,(H,24,26). The van der Waals surface area contributed by atoms with Crippen molar-refractivity contribution < 1.29 is 4.79 Å². The third-order valence-electron chi connectivity index (χ3n) is 4.55. The first-order valence-corrected chi connectivity index (χ1v) is 9.72. The van der Waals surface area contributed by atoms with Gasteiger partial charge < -0.3 is 10.6 Å². The molecule has 0 aliphatic carbocycles. The zero-order chi connectivity index (χ0) is 19.0. The van der Waals surface area contributed by atoms with Gasteiger partial charge in [-0.1, -0.05) is 51.0 Å². The summed E-state index contributed by atoms with van der Waals surface area (Å²) in [4.78, 5) is 12.7. The molecule has 0 radical (unpaired) electrons. The lowest BCUT2D eigenvalue weighted by Gasteiger charge is -2.26. The molecule has 0 bridgehead atoms. The van der Waals surface area contributed by atoms with Crippen LogP contribution in [0.2, 0.25) is 0 Å². The molecule has 2 rings (SSSR count). The number of unbranched alkanes of at least 4 members (excludes halogenated alkanes) is 1. The number of hydrogen-bond donors (Lipinski definition) is 2. The van der Waals surface area contributed by atoms with Gasteiger partial charge in [0.15, 0.2) is 0 Å². The molecule has 0 aliphatic heterocycles.